The van der Waals surface area contributed by atoms with Crippen LogP contribution in [0.4, 0.5) is 11.4 Å². The molecule has 0 aliphatic carbocycles. The number of nitrogens with one attached hydrogen (secondary N) is 1. The predicted octanol–water partition coefficient (Wildman–Crippen LogP) is 3.88. The summed E-state index contributed by atoms with van der Waals surface area (Å²) in [7, 11) is 0. The molecule has 1 heterocycles. The van der Waals surface area contributed by atoms with E-state index in [0.29, 0.717) is 23.5 Å². The number of carbonyl (C=O) groups excluding carboxylic acids is 4. The molecule has 2 amide bonds. The van der Waals surface area contributed by atoms with Crippen molar-refractivity contribution in [3.63, 3.8) is 0 Å². The van der Waals surface area contributed by atoms with Gasteiger partial charge in [-0.3, -0.25) is 14.4 Å². The molecule has 0 bridgehead atoms. The molecule has 8 heteroatoms. The van der Waals surface area contributed by atoms with Crippen molar-refractivity contribution in [2.45, 2.75) is 39.5 Å². The molecule has 0 unspecified atom stereocenters. The van der Waals surface area contributed by atoms with Gasteiger partial charge in [-0.1, -0.05) is 37.5 Å². The van der Waals surface area contributed by atoms with Crippen molar-refractivity contribution < 1.29 is 28.7 Å². The van der Waals surface area contributed by atoms with Gasteiger partial charge in [0.15, 0.2) is 6.61 Å². The fraction of sp³-hybridized carbons (Fsp3) is 0.385. The number of anilines is 2. The summed E-state index contributed by atoms with van der Waals surface area (Å²) in [6.45, 7) is 4.13. The van der Waals surface area contributed by atoms with E-state index in [1.807, 2.05) is 19.1 Å². The molecule has 8 nitrogen and oxygen atoms in total. The zero-order valence-electron chi connectivity index (χ0n) is 19.5. The molecule has 1 aliphatic rings. The summed E-state index contributed by atoms with van der Waals surface area (Å²) in [6.07, 6.45) is 2.88. The number of rotatable bonds is 10. The molecule has 0 saturated carbocycles. The molecule has 0 aromatic heterocycles. The van der Waals surface area contributed by atoms with Crippen LogP contribution in [-0.4, -0.2) is 43.5 Å². The van der Waals surface area contributed by atoms with Crippen LogP contribution in [0.25, 0.3) is 0 Å². The molecule has 0 radical (unpaired) electrons. The molecular formula is C26H30N2O6. The summed E-state index contributed by atoms with van der Waals surface area (Å²) < 4.78 is 10.4. The van der Waals surface area contributed by atoms with Gasteiger partial charge in [0.2, 0.25) is 5.91 Å². The van der Waals surface area contributed by atoms with Crippen molar-refractivity contribution >= 4 is 35.1 Å². The minimum Gasteiger partial charge on any atom is -0.462 e. The largest absolute Gasteiger partial charge is 0.462 e. The monoisotopic (exact) mass is 466 g/mol. The van der Waals surface area contributed by atoms with Crippen LogP contribution < -0.4 is 10.2 Å². The smallest absolute Gasteiger partial charge is 0.338 e. The fourth-order valence-corrected chi connectivity index (χ4v) is 3.58. The van der Waals surface area contributed by atoms with Gasteiger partial charge >= 0.3 is 11.9 Å². The average molecular weight is 467 g/mol. The van der Waals surface area contributed by atoms with Gasteiger partial charge in [-0.15, -0.1) is 0 Å². The maximum absolute atomic E-state index is 12.5. The Morgan fingerprint density at radius 3 is 2.38 bits per heavy atom. The number of unbranched alkanes of at least 4 members (excludes halogenated alkanes) is 2. The maximum Gasteiger partial charge on any atom is 0.338 e. The van der Waals surface area contributed by atoms with E-state index < -0.39 is 30.4 Å². The third kappa shape index (κ3) is 6.91. The molecule has 2 aromatic rings. The third-order valence-corrected chi connectivity index (χ3v) is 5.53. The Labute approximate surface area is 199 Å². The molecule has 3 rings (SSSR count). The van der Waals surface area contributed by atoms with Crippen molar-refractivity contribution in [1.82, 2.24) is 0 Å². The molecule has 1 aliphatic heterocycles. The fourth-order valence-electron chi connectivity index (χ4n) is 3.58. The van der Waals surface area contributed by atoms with Crippen LogP contribution in [0, 0.1) is 12.8 Å². The first-order chi connectivity index (χ1) is 16.4. The van der Waals surface area contributed by atoms with Crippen molar-refractivity contribution in [2.24, 2.45) is 5.92 Å². The van der Waals surface area contributed by atoms with Crippen LogP contribution in [0.5, 0.6) is 0 Å². The van der Waals surface area contributed by atoms with Crippen LogP contribution in [0.2, 0.25) is 0 Å². The molecule has 1 atom stereocenters. The summed E-state index contributed by atoms with van der Waals surface area (Å²) in [5, 5.41) is 2.66. The number of ether oxygens (including phenoxy) is 2. The molecule has 2 aromatic carbocycles. The zero-order valence-corrected chi connectivity index (χ0v) is 19.5. The van der Waals surface area contributed by atoms with Gasteiger partial charge in [-0.05, 0) is 49.7 Å². The first-order valence-electron chi connectivity index (χ1n) is 11.5. The summed E-state index contributed by atoms with van der Waals surface area (Å²) in [6, 6.07) is 13.8. The van der Waals surface area contributed by atoms with Gasteiger partial charge in [0.25, 0.3) is 5.91 Å². The number of benzene rings is 2. The highest BCUT2D eigenvalue weighted by atomic mass is 16.5. The Morgan fingerprint density at radius 1 is 1.00 bits per heavy atom. The Bertz CT molecular complexity index is 1020. The van der Waals surface area contributed by atoms with Gasteiger partial charge in [-0.2, -0.15) is 0 Å². The highest BCUT2D eigenvalue weighted by Gasteiger charge is 2.36. The zero-order chi connectivity index (χ0) is 24.5. The van der Waals surface area contributed by atoms with Crippen LogP contribution in [0.1, 0.15) is 48.5 Å². The molecule has 0 spiro atoms. The normalized spacial score (nSPS) is 15.2. The van der Waals surface area contributed by atoms with E-state index >= 15 is 0 Å². The van der Waals surface area contributed by atoms with E-state index in [1.165, 1.54) is 4.90 Å². The second kappa shape index (κ2) is 12.0. The number of esters is 2. The highest BCUT2D eigenvalue weighted by Crippen LogP contribution is 2.26. The third-order valence-electron chi connectivity index (χ3n) is 5.53. The molecular weight excluding hydrogens is 436 g/mol. The summed E-state index contributed by atoms with van der Waals surface area (Å²) in [5.74, 6) is -2.33. The molecule has 180 valence electrons. The van der Waals surface area contributed by atoms with Crippen molar-refractivity contribution in [1.29, 1.82) is 0 Å². The SMILES string of the molecule is CCCCCOC(=O)c1ccc(N2C[C@H](C(=O)OCC(=O)Nc3ccc(C)cc3)CC2=O)cc1. The lowest BCUT2D eigenvalue weighted by Crippen LogP contribution is -2.28. The van der Waals surface area contributed by atoms with Crippen LogP contribution in [0.3, 0.4) is 0 Å². The van der Waals surface area contributed by atoms with Gasteiger partial charge in [0.05, 0.1) is 18.1 Å². The topological polar surface area (TPSA) is 102 Å². The minimum absolute atomic E-state index is 0.000361. The quantitative estimate of drug-likeness (QED) is 0.421. The van der Waals surface area contributed by atoms with Gasteiger partial charge < -0.3 is 19.7 Å². The van der Waals surface area contributed by atoms with E-state index in [0.717, 1.165) is 24.8 Å². The van der Waals surface area contributed by atoms with E-state index in [1.54, 1.807) is 36.4 Å². The Balaban J connectivity index is 1.48. The minimum atomic E-state index is -0.664. The van der Waals surface area contributed by atoms with E-state index in [2.05, 4.69) is 12.2 Å². The Hall–Kier alpha value is -3.68. The number of aryl methyl sites for hydroxylation is 1. The van der Waals surface area contributed by atoms with Crippen molar-refractivity contribution in [3.8, 4) is 0 Å². The lowest BCUT2D eigenvalue weighted by molar-refractivity contribution is -0.151. The van der Waals surface area contributed by atoms with E-state index in [9.17, 15) is 19.2 Å². The van der Waals surface area contributed by atoms with Crippen molar-refractivity contribution in [2.75, 3.05) is 30.0 Å². The lowest BCUT2D eigenvalue weighted by atomic mass is 10.1. The summed E-state index contributed by atoms with van der Waals surface area (Å²) >= 11 is 0. The number of hydrogen-bond acceptors (Lipinski definition) is 6. The van der Waals surface area contributed by atoms with Gasteiger partial charge in [0, 0.05) is 24.3 Å². The molecule has 1 saturated heterocycles. The number of amides is 2. The Morgan fingerprint density at radius 2 is 1.71 bits per heavy atom. The van der Waals surface area contributed by atoms with Crippen LogP contribution in [-0.2, 0) is 23.9 Å². The first kappa shape index (κ1) is 25.0. The van der Waals surface area contributed by atoms with Crippen LogP contribution >= 0.6 is 0 Å². The van der Waals surface area contributed by atoms with Crippen LogP contribution in [0.15, 0.2) is 48.5 Å². The number of hydrogen-bond donors (Lipinski definition) is 1. The number of nitrogens with zero attached hydrogens (tertiary/aromatic N) is 1. The summed E-state index contributed by atoms with van der Waals surface area (Å²) in [4.78, 5) is 50.5. The number of carbonyl (C=O) groups is 4. The molecule has 1 fully saturated rings. The van der Waals surface area contributed by atoms with Crippen molar-refractivity contribution in [3.05, 3.63) is 59.7 Å². The molecule has 34 heavy (non-hydrogen) atoms. The maximum atomic E-state index is 12.5. The second-order valence-corrected chi connectivity index (χ2v) is 8.32. The first-order valence-corrected chi connectivity index (χ1v) is 11.5. The molecule has 1 N–H and O–H groups in total. The lowest BCUT2D eigenvalue weighted by Gasteiger charge is -2.17. The highest BCUT2D eigenvalue weighted by molar-refractivity contribution is 6.00. The summed E-state index contributed by atoms with van der Waals surface area (Å²) in [5.41, 5.74) is 2.67. The van der Waals surface area contributed by atoms with Gasteiger partial charge in [0.1, 0.15) is 0 Å². The predicted molar refractivity (Wildman–Crippen MR) is 127 cm³/mol. The van der Waals surface area contributed by atoms with E-state index in [-0.39, 0.29) is 18.9 Å². The average Bonchev–Trinajstić information content (AvgIpc) is 3.23. The second-order valence-electron chi connectivity index (χ2n) is 8.32. The standard InChI is InChI=1S/C26H30N2O6/c1-3-4-5-14-33-25(31)19-8-12-22(13-9-19)28-16-20(15-24(28)30)26(32)34-17-23(29)27-21-10-6-18(2)7-11-21/h6-13,20H,3-5,14-17H2,1-2H3,(H,27,29)/t20-/m1/s1. The van der Waals surface area contributed by atoms with Gasteiger partial charge in [-0.25, -0.2) is 4.79 Å². The Kier molecular flexibility index (Phi) is 8.79. The van der Waals surface area contributed by atoms with E-state index in [4.69, 9.17) is 9.47 Å².